The van der Waals surface area contributed by atoms with Crippen LogP contribution in [0.2, 0.25) is 0 Å². The number of nitriles is 2. The minimum absolute atomic E-state index is 0.0832. The van der Waals surface area contributed by atoms with Crippen molar-refractivity contribution in [3.8, 4) is 23.3 Å². The van der Waals surface area contributed by atoms with Crippen LogP contribution in [-0.2, 0) is 16.6 Å². The number of aryl methyl sites for hydroxylation is 1. The van der Waals surface area contributed by atoms with Crippen molar-refractivity contribution in [2.24, 2.45) is 5.92 Å². The van der Waals surface area contributed by atoms with E-state index in [9.17, 15) is 33.6 Å². The van der Waals surface area contributed by atoms with E-state index in [1.54, 1.807) is 48.2 Å². The highest BCUT2D eigenvalue weighted by molar-refractivity contribution is 5.95. The Labute approximate surface area is 240 Å². The fraction of sp³-hybridized carbons (Fsp3) is 0.281. The maximum atomic E-state index is 13.3. The highest BCUT2D eigenvalue weighted by Gasteiger charge is 2.43. The number of hydrogen-bond acceptors (Lipinski definition) is 6. The number of aromatic nitrogens is 2. The van der Waals surface area contributed by atoms with E-state index in [0.29, 0.717) is 59.1 Å². The van der Waals surface area contributed by atoms with Crippen molar-refractivity contribution in [1.82, 2.24) is 14.9 Å². The van der Waals surface area contributed by atoms with Gasteiger partial charge < -0.3 is 10.0 Å². The molecular formula is C32H26F3N5O2. The largest absolute Gasteiger partial charge is 0.433 e. The van der Waals surface area contributed by atoms with E-state index < -0.39 is 23.4 Å². The Bertz CT molecular complexity index is 1750. The smallest absolute Gasteiger partial charge is 0.380 e. The first kappa shape index (κ1) is 28.7. The zero-order valence-electron chi connectivity index (χ0n) is 22.9. The topological polar surface area (TPSA) is 114 Å². The molecule has 0 bridgehead atoms. The summed E-state index contributed by atoms with van der Waals surface area (Å²) in [5, 5.41) is 33.2. The number of carbonyl (C=O) groups excluding carboxylic acids is 1. The number of amides is 1. The Morgan fingerprint density at radius 1 is 1.02 bits per heavy atom. The van der Waals surface area contributed by atoms with Gasteiger partial charge in [0.15, 0.2) is 0 Å². The molecule has 4 aromatic rings. The molecule has 212 valence electrons. The summed E-state index contributed by atoms with van der Waals surface area (Å²) >= 11 is 0. The first-order valence-corrected chi connectivity index (χ1v) is 13.3. The standard InChI is InChI=1S/C32H26F3N5O2/c1-19-14-24(15-25-26(16-36)29(21-6-4-3-5-7-21)27(17-37)39-30(19)25)31(42,22-10-12-40(13-11-22)20(2)41)23-8-9-28(38-18-23)32(33,34)35/h3-9,14-15,18,22,42H,10-13H2,1-2H3. The van der Waals surface area contributed by atoms with Crippen molar-refractivity contribution in [1.29, 1.82) is 10.5 Å². The normalized spacial score (nSPS) is 15.6. The maximum absolute atomic E-state index is 13.3. The predicted octanol–water partition coefficient (Wildman–Crippen LogP) is 5.86. The Morgan fingerprint density at radius 3 is 2.26 bits per heavy atom. The van der Waals surface area contributed by atoms with Crippen LogP contribution in [0.3, 0.4) is 0 Å². The minimum atomic E-state index is -4.65. The summed E-state index contributed by atoms with van der Waals surface area (Å²) in [5.74, 6) is -0.574. The van der Waals surface area contributed by atoms with E-state index in [-0.39, 0.29) is 22.7 Å². The van der Waals surface area contributed by atoms with Gasteiger partial charge in [0.2, 0.25) is 5.91 Å². The molecule has 1 N–H and O–H groups in total. The molecule has 1 atom stereocenters. The van der Waals surface area contributed by atoms with Gasteiger partial charge in [0.05, 0.1) is 11.1 Å². The Kier molecular flexibility index (Phi) is 7.44. The molecule has 3 heterocycles. The molecular weight excluding hydrogens is 543 g/mol. The molecule has 0 radical (unpaired) electrons. The van der Waals surface area contributed by atoms with Crippen LogP contribution in [0.5, 0.6) is 0 Å². The molecule has 1 aliphatic heterocycles. The number of fused-ring (bicyclic) bond motifs is 1. The van der Waals surface area contributed by atoms with Crippen molar-refractivity contribution in [2.45, 2.75) is 38.5 Å². The van der Waals surface area contributed by atoms with E-state index in [1.807, 2.05) is 6.07 Å². The monoisotopic (exact) mass is 569 g/mol. The van der Waals surface area contributed by atoms with Crippen molar-refractivity contribution in [3.05, 3.63) is 94.4 Å². The van der Waals surface area contributed by atoms with Gasteiger partial charge in [-0.3, -0.25) is 9.78 Å². The van der Waals surface area contributed by atoms with Crippen molar-refractivity contribution in [2.75, 3.05) is 13.1 Å². The lowest BCUT2D eigenvalue weighted by atomic mass is 9.71. The van der Waals surface area contributed by atoms with Gasteiger partial charge in [-0.05, 0) is 54.5 Å². The van der Waals surface area contributed by atoms with Crippen LogP contribution in [0.1, 0.15) is 53.4 Å². The summed E-state index contributed by atoms with van der Waals surface area (Å²) in [7, 11) is 0. The van der Waals surface area contributed by atoms with E-state index in [1.165, 1.54) is 13.0 Å². The molecule has 2 aromatic heterocycles. The molecule has 10 heteroatoms. The molecule has 1 saturated heterocycles. The Hall–Kier alpha value is -4.80. The quantitative estimate of drug-likeness (QED) is 0.329. The van der Waals surface area contributed by atoms with E-state index >= 15 is 0 Å². The third kappa shape index (κ3) is 4.95. The number of rotatable bonds is 4. The van der Waals surface area contributed by atoms with Crippen LogP contribution in [-0.4, -0.2) is 39.0 Å². The number of aliphatic hydroxyl groups is 1. The van der Waals surface area contributed by atoms with Gasteiger partial charge in [-0.15, -0.1) is 0 Å². The minimum Gasteiger partial charge on any atom is -0.380 e. The molecule has 1 unspecified atom stereocenters. The summed E-state index contributed by atoms with van der Waals surface area (Å²) in [4.78, 5) is 21.8. The summed E-state index contributed by atoms with van der Waals surface area (Å²) in [6.07, 6.45) is -2.83. The second-order valence-electron chi connectivity index (χ2n) is 10.5. The maximum Gasteiger partial charge on any atom is 0.433 e. The van der Waals surface area contributed by atoms with E-state index in [2.05, 4.69) is 22.1 Å². The highest BCUT2D eigenvalue weighted by atomic mass is 19.4. The summed E-state index contributed by atoms with van der Waals surface area (Å²) in [5.41, 5.74) is -0.0984. The summed E-state index contributed by atoms with van der Waals surface area (Å²) in [6, 6.07) is 18.6. The lowest BCUT2D eigenvalue weighted by Gasteiger charge is -2.42. The number of likely N-dealkylation sites (tertiary alicyclic amines) is 1. The van der Waals surface area contributed by atoms with E-state index in [4.69, 9.17) is 0 Å². The number of alkyl halides is 3. The molecule has 7 nitrogen and oxygen atoms in total. The fourth-order valence-electron chi connectivity index (χ4n) is 5.88. The lowest BCUT2D eigenvalue weighted by molar-refractivity contribution is -0.141. The zero-order chi connectivity index (χ0) is 30.2. The van der Waals surface area contributed by atoms with Crippen LogP contribution in [0, 0.1) is 35.5 Å². The number of benzene rings is 2. The van der Waals surface area contributed by atoms with E-state index in [0.717, 1.165) is 12.3 Å². The third-order valence-electron chi connectivity index (χ3n) is 8.03. The van der Waals surface area contributed by atoms with Crippen LogP contribution in [0.25, 0.3) is 22.0 Å². The van der Waals surface area contributed by atoms with Crippen molar-refractivity contribution in [3.63, 3.8) is 0 Å². The van der Waals surface area contributed by atoms with Gasteiger partial charge in [-0.25, -0.2) is 4.98 Å². The van der Waals surface area contributed by atoms with Gasteiger partial charge in [0, 0.05) is 42.7 Å². The number of halogens is 3. The zero-order valence-corrected chi connectivity index (χ0v) is 22.9. The van der Waals surface area contributed by atoms with Gasteiger partial charge in [0.25, 0.3) is 0 Å². The number of nitrogens with zero attached hydrogens (tertiary/aromatic N) is 5. The molecule has 0 spiro atoms. The second kappa shape index (κ2) is 10.9. The van der Waals surface area contributed by atoms with Gasteiger partial charge in [-0.1, -0.05) is 42.5 Å². The Morgan fingerprint density at radius 2 is 1.71 bits per heavy atom. The highest BCUT2D eigenvalue weighted by Crippen LogP contribution is 2.44. The molecule has 2 aromatic carbocycles. The van der Waals surface area contributed by atoms with Crippen LogP contribution >= 0.6 is 0 Å². The lowest BCUT2D eigenvalue weighted by Crippen LogP contribution is -2.45. The molecule has 42 heavy (non-hydrogen) atoms. The van der Waals surface area contributed by atoms with Gasteiger partial charge in [0.1, 0.15) is 29.1 Å². The van der Waals surface area contributed by atoms with Crippen LogP contribution < -0.4 is 0 Å². The van der Waals surface area contributed by atoms with Crippen LogP contribution in [0.15, 0.2) is 60.8 Å². The van der Waals surface area contributed by atoms with Crippen LogP contribution in [0.4, 0.5) is 13.2 Å². The number of piperidine rings is 1. The average molecular weight is 570 g/mol. The summed E-state index contributed by atoms with van der Waals surface area (Å²) in [6.45, 7) is 3.96. The number of pyridine rings is 2. The van der Waals surface area contributed by atoms with Crippen molar-refractivity contribution < 1.29 is 23.1 Å². The predicted molar refractivity (Wildman–Crippen MR) is 149 cm³/mol. The SMILES string of the molecule is CC(=O)N1CCC(C(O)(c2ccc(C(F)(F)F)nc2)c2cc(C)c3nc(C#N)c(-c4ccccc4)c(C#N)c3c2)CC1. The number of hydrogen-bond donors (Lipinski definition) is 1. The summed E-state index contributed by atoms with van der Waals surface area (Å²) < 4.78 is 40.0. The molecule has 1 fully saturated rings. The van der Waals surface area contributed by atoms with Crippen molar-refractivity contribution >= 4 is 16.8 Å². The van der Waals surface area contributed by atoms with Gasteiger partial charge in [-0.2, -0.15) is 23.7 Å². The molecule has 1 amide bonds. The molecule has 0 saturated carbocycles. The van der Waals surface area contributed by atoms with Gasteiger partial charge >= 0.3 is 6.18 Å². The third-order valence-corrected chi connectivity index (χ3v) is 8.03. The average Bonchev–Trinajstić information content (AvgIpc) is 2.99. The molecule has 1 aliphatic rings. The second-order valence-corrected chi connectivity index (χ2v) is 10.5. The number of carbonyl (C=O) groups is 1. The fourth-order valence-corrected chi connectivity index (χ4v) is 5.88. The molecule has 5 rings (SSSR count). The first-order chi connectivity index (χ1) is 20.0. The Balaban J connectivity index is 1.76. The molecule has 0 aliphatic carbocycles. The first-order valence-electron chi connectivity index (χ1n) is 13.3.